The molecule has 1 fully saturated rings. The summed E-state index contributed by atoms with van der Waals surface area (Å²) in [5.74, 6) is 1.69. The number of amides is 1. The number of nitrogens with one attached hydrogen (secondary N) is 1. The number of nitrogens with zero attached hydrogens (tertiary/aromatic N) is 3. The van der Waals surface area contributed by atoms with Gasteiger partial charge in [0.2, 0.25) is 5.91 Å². The Kier molecular flexibility index (Phi) is 5.10. The van der Waals surface area contributed by atoms with Gasteiger partial charge in [0, 0.05) is 36.0 Å². The van der Waals surface area contributed by atoms with Gasteiger partial charge in [0.1, 0.15) is 11.6 Å². The summed E-state index contributed by atoms with van der Waals surface area (Å²) in [7, 11) is 1.66. The van der Waals surface area contributed by atoms with E-state index in [0.717, 1.165) is 53.1 Å². The normalized spacial score (nSPS) is 16.6. The van der Waals surface area contributed by atoms with E-state index in [1.807, 2.05) is 47.6 Å². The number of carbonyl (C=O) groups excluding carboxylic acids is 1. The third-order valence-electron chi connectivity index (χ3n) is 5.37. The van der Waals surface area contributed by atoms with Crippen molar-refractivity contribution in [1.29, 1.82) is 0 Å². The average Bonchev–Trinajstić information content (AvgIpc) is 3.38. The summed E-state index contributed by atoms with van der Waals surface area (Å²) in [5.41, 5.74) is 4.35. The molecule has 1 aliphatic rings. The zero-order valence-corrected chi connectivity index (χ0v) is 16.2. The fourth-order valence-corrected chi connectivity index (χ4v) is 3.82. The minimum absolute atomic E-state index is 0.0208. The van der Waals surface area contributed by atoms with Crippen LogP contribution in [0.4, 0.5) is 5.82 Å². The fourth-order valence-electron chi connectivity index (χ4n) is 3.82. The number of ether oxygens (including phenoxy) is 1. The van der Waals surface area contributed by atoms with Crippen molar-refractivity contribution in [2.75, 3.05) is 18.6 Å². The first-order valence-corrected chi connectivity index (χ1v) is 9.62. The van der Waals surface area contributed by atoms with Gasteiger partial charge in [0.05, 0.1) is 13.3 Å². The van der Waals surface area contributed by atoms with Gasteiger partial charge in [-0.25, -0.2) is 4.98 Å². The maximum Gasteiger partial charge on any atom is 0.231 e. The topological polar surface area (TPSA) is 71.1 Å². The number of anilines is 1. The van der Waals surface area contributed by atoms with E-state index in [1.54, 1.807) is 13.3 Å². The number of benzene rings is 1. The third kappa shape index (κ3) is 3.50. The summed E-state index contributed by atoms with van der Waals surface area (Å²) in [4.78, 5) is 19.4. The lowest BCUT2D eigenvalue weighted by Gasteiger charge is -2.18. The smallest absolute Gasteiger partial charge is 0.231 e. The SMILES string of the molecule is CCc1cc(N2CCC(Cc3cccc(OC)c3)C2=O)ncc1-c1cn[nH]c1. The number of aromatic nitrogens is 3. The fraction of sp³-hybridized carbons (Fsp3) is 0.318. The molecule has 1 N–H and O–H groups in total. The van der Waals surface area contributed by atoms with Gasteiger partial charge in [-0.15, -0.1) is 0 Å². The summed E-state index contributed by atoms with van der Waals surface area (Å²) in [6.45, 7) is 2.81. The molecule has 1 unspecified atom stereocenters. The Morgan fingerprint density at radius 3 is 2.93 bits per heavy atom. The number of aromatic amines is 1. The molecule has 144 valence electrons. The molecule has 0 bridgehead atoms. The lowest BCUT2D eigenvalue weighted by atomic mass is 9.98. The number of carbonyl (C=O) groups is 1. The molecule has 28 heavy (non-hydrogen) atoms. The van der Waals surface area contributed by atoms with Gasteiger partial charge < -0.3 is 4.74 Å². The van der Waals surface area contributed by atoms with E-state index < -0.39 is 0 Å². The molecular weight excluding hydrogens is 352 g/mol. The highest BCUT2D eigenvalue weighted by Crippen LogP contribution is 2.30. The van der Waals surface area contributed by atoms with Gasteiger partial charge in [-0.2, -0.15) is 5.10 Å². The van der Waals surface area contributed by atoms with Crippen molar-refractivity contribution < 1.29 is 9.53 Å². The van der Waals surface area contributed by atoms with Crippen LogP contribution in [0.5, 0.6) is 5.75 Å². The molecule has 6 nitrogen and oxygen atoms in total. The molecule has 1 aliphatic heterocycles. The summed E-state index contributed by atoms with van der Waals surface area (Å²) in [5, 5.41) is 6.86. The van der Waals surface area contributed by atoms with Crippen LogP contribution in [0.2, 0.25) is 0 Å². The van der Waals surface area contributed by atoms with Crippen LogP contribution >= 0.6 is 0 Å². The number of hydrogen-bond donors (Lipinski definition) is 1. The van der Waals surface area contributed by atoms with Gasteiger partial charge >= 0.3 is 0 Å². The summed E-state index contributed by atoms with van der Waals surface area (Å²) < 4.78 is 5.29. The molecule has 4 rings (SSSR count). The maximum atomic E-state index is 13.0. The minimum atomic E-state index is -0.0208. The standard InChI is InChI=1S/C22H24N4O2/c1-3-16-11-21(23-14-20(16)18-12-24-25-13-18)26-8-7-17(22(26)27)9-15-5-4-6-19(10-15)28-2/h4-6,10-14,17H,3,7-9H2,1-2H3,(H,24,25). The maximum absolute atomic E-state index is 13.0. The first-order chi connectivity index (χ1) is 13.7. The van der Waals surface area contributed by atoms with Crippen molar-refractivity contribution in [2.24, 2.45) is 5.92 Å². The Balaban J connectivity index is 1.53. The second kappa shape index (κ2) is 7.84. The lowest BCUT2D eigenvalue weighted by molar-refractivity contribution is -0.120. The zero-order valence-electron chi connectivity index (χ0n) is 16.2. The van der Waals surface area contributed by atoms with E-state index in [1.165, 1.54) is 0 Å². The van der Waals surface area contributed by atoms with Crippen molar-refractivity contribution in [3.8, 4) is 16.9 Å². The van der Waals surface area contributed by atoms with Crippen LogP contribution in [0.25, 0.3) is 11.1 Å². The van der Waals surface area contributed by atoms with E-state index in [-0.39, 0.29) is 11.8 Å². The van der Waals surface area contributed by atoms with E-state index in [0.29, 0.717) is 6.54 Å². The average molecular weight is 376 g/mol. The summed E-state index contributed by atoms with van der Waals surface area (Å²) >= 11 is 0. The van der Waals surface area contributed by atoms with Crippen molar-refractivity contribution in [3.05, 3.63) is 60.0 Å². The largest absolute Gasteiger partial charge is 0.497 e. The van der Waals surface area contributed by atoms with Gasteiger partial charge in [-0.05, 0) is 48.6 Å². The van der Waals surface area contributed by atoms with Gasteiger partial charge in [-0.1, -0.05) is 19.1 Å². The summed E-state index contributed by atoms with van der Waals surface area (Å²) in [6.07, 6.45) is 7.93. The van der Waals surface area contributed by atoms with Crippen LogP contribution in [-0.2, 0) is 17.6 Å². The Morgan fingerprint density at radius 2 is 2.18 bits per heavy atom. The minimum Gasteiger partial charge on any atom is -0.497 e. The third-order valence-corrected chi connectivity index (χ3v) is 5.37. The molecule has 6 heteroatoms. The van der Waals surface area contributed by atoms with Crippen LogP contribution < -0.4 is 9.64 Å². The predicted octanol–water partition coefficient (Wildman–Crippen LogP) is 3.64. The molecule has 1 saturated heterocycles. The number of aryl methyl sites for hydroxylation is 1. The molecule has 3 aromatic rings. The Hall–Kier alpha value is -3.15. The highest BCUT2D eigenvalue weighted by molar-refractivity contribution is 5.96. The Bertz CT molecular complexity index is 968. The highest BCUT2D eigenvalue weighted by Gasteiger charge is 2.33. The van der Waals surface area contributed by atoms with Crippen LogP contribution in [0.1, 0.15) is 24.5 Å². The molecule has 1 amide bonds. The molecule has 0 radical (unpaired) electrons. The van der Waals surface area contributed by atoms with Crippen LogP contribution in [-0.4, -0.2) is 34.7 Å². The van der Waals surface area contributed by atoms with Crippen LogP contribution in [0, 0.1) is 5.92 Å². The lowest BCUT2D eigenvalue weighted by Crippen LogP contribution is -2.28. The number of H-pyrrole nitrogens is 1. The molecule has 2 aromatic heterocycles. The molecule has 1 atom stereocenters. The van der Waals surface area contributed by atoms with Crippen molar-refractivity contribution >= 4 is 11.7 Å². The quantitative estimate of drug-likeness (QED) is 0.713. The summed E-state index contributed by atoms with van der Waals surface area (Å²) in [6, 6.07) is 9.97. The molecule has 0 saturated carbocycles. The van der Waals surface area contributed by atoms with Crippen molar-refractivity contribution in [3.63, 3.8) is 0 Å². The second-order valence-corrected chi connectivity index (χ2v) is 7.07. The van der Waals surface area contributed by atoms with Gasteiger partial charge in [0.25, 0.3) is 0 Å². The van der Waals surface area contributed by atoms with Crippen LogP contribution in [0.3, 0.4) is 0 Å². The van der Waals surface area contributed by atoms with E-state index >= 15 is 0 Å². The van der Waals surface area contributed by atoms with E-state index in [9.17, 15) is 4.79 Å². The van der Waals surface area contributed by atoms with E-state index in [2.05, 4.69) is 22.1 Å². The van der Waals surface area contributed by atoms with Crippen molar-refractivity contribution in [1.82, 2.24) is 15.2 Å². The van der Waals surface area contributed by atoms with E-state index in [4.69, 9.17) is 4.74 Å². The Labute approximate surface area is 164 Å². The second-order valence-electron chi connectivity index (χ2n) is 7.07. The number of pyridine rings is 1. The number of rotatable bonds is 6. The number of hydrogen-bond acceptors (Lipinski definition) is 4. The van der Waals surface area contributed by atoms with Gasteiger partial charge in [-0.3, -0.25) is 14.8 Å². The first-order valence-electron chi connectivity index (χ1n) is 9.62. The Morgan fingerprint density at radius 1 is 1.29 bits per heavy atom. The zero-order chi connectivity index (χ0) is 19.5. The molecule has 3 heterocycles. The monoisotopic (exact) mass is 376 g/mol. The van der Waals surface area contributed by atoms with Crippen molar-refractivity contribution in [2.45, 2.75) is 26.2 Å². The molecular formula is C22H24N4O2. The van der Waals surface area contributed by atoms with Gasteiger partial charge in [0.15, 0.2) is 0 Å². The number of methoxy groups -OCH3 is 1. The highest BCUT2D eigenvalue weighted by atomic mass is 16.5. The molecule has 1 aromatic carbocycles. The molecule has 0 aliphatic carbocycles. The first kappa shape index (κ1) is 18.2. The predicted molar refractivity (Wildman–Crippen MR) is 108 cm³/mol. The van der Waals surface area contributed by atoms with Crippen LogP contribution in [0.15, 0.2) is 48.9 Å². The molecule has 0 spiro atoms.